The minimum atomic E-state index is -0.379. The average Bonchev–Trinajstić information content (AvgIpc) is 2.47. The Balaban J connectivity index is 2.36. The van der Waals surface area contributed by atoms with Crippen molar-refractivity contribution in [3.63, 3.8) is 0 Å². The number of esters is 1. The van der Waals surface area contributed by atoms with Crippen molar-refractivity contribution in [2.45, 2.75) is 6.92 Å². The Morgan fingerprint density at radius 2 is 2.16 bits per heavy atom. The van der Waals surface area contributed by atoms with E-state index in [1.54, 1.807) is 30.6 Å². The van der Waals surface area contributed by atoms with E-state index in [0.717, 1.165) is 5.56 Å². The summed E-state index contributed by atoms with van der Waals surface area (Å²) in [4.78, 5) is 19.9. The van der Waals surface area contributed by atoms with E-state index in [-0.39, 0.29) is 5.97 Å². The number of methoxy groups -OCH3 is 1. The first-order chi connectivity index (χ1) is 9.24. The number of hydrogen-bond acceptors (Lipinski definition) is 5. The van der Waals surface area contributed by atoms with Gasteiger partial charge in [-0.25, -0.2) is 9.78 Å². The molecule has 0 aliphatic heterocycles. The first-order valence-electron chi connectivity index (χ1n) is 5.88. The standard InChI is InChI=1S/C14H14N2O3/c1-3-19-13-9-15-8-12(16-13)10-5-4-6-11(7-10)14(17)18-2/h4-9H,3H2,1-2H3. The Labute approximate surface area is 111 Å². The molecule has 0 saturated carbocycles. The highest BCUT2D eigenvalue weighted by Gasteiger charge is 2.08. The first kappa shape index (κ1) is 13.0. The highest BCUT2D eigenvalue weighted by molar-refractivity contribution is 5.90. The fraction of sp³-hybridized carbons (Fsp3) is 0.214. The smallest absolute Gasteiger partial charge is 0.337 e. The molecular formula is C14H14N2O3. The molecule has 0 radical (unpaired) electrons. The molecule has 0 spiro atoms. The fourth-order valence-corrected chi connectivity index (χ4v) is 1.63. The van der Waals surface area contributed by atoms with Crippen LogP contribution in [-0.4, -0.2) is 29.7 Å². The van der Waals surface area contributed by atoms with Gasteiger partial charge in [0.05, 0.1) is 37.4 Å². The Morgan fingerprint density at radius 1 is 1.32 bits per heavy atom. The van der Waals surface area contributed by atoms with E-state index >= 15 is 0 Å². The normalized spacial score (nSPS) is 10.0. The molecular weight excluding hydrogens is 244 g/mol. The third-order valence-corrected chi connectivity index (χ3v) is 2.48. The second-order valence-electron chi connectivity index (χ2n) is 3.75. The lowest BCUT2D eigenvalue weighted by Gasteiger charge is -2.05. The van der Waals surface area contributed by atoms with Crippen LogP contribution in [0.2, 0.25) is 0 Å². The van der Waals surface area contributed by atoms with Crippen molar-refractivity contribution < 1.29 is 14.3 Å². The van der Waals surface area contributed by atoms with Crippen LogP contribution in [0, 0.1) is 0 Å². The second kappa shape index (κ2) is 5.95. The van der Waals surface area contributed by atoms with Crippen molar-refractivity contribution in [1.29, 1.82) is 0 Å². The van der Waals surface area contributed by atoms with Crippen LogP contribution < -0.4 is 4.74 Å². The van der Waals surface area contributed by atoms with Gasteiger partial charge < -0.3 is 9.47 Å². The van der Waals surface area contributed by atoms with Crippen molar-refractivity contribution in [2.75, 3.05) is 13.7 Å². The van der Waals surface area contributed by atoms with Crippen molar-refractivity contribution in [3.05, 3.63) is 42.2 Å². The monoisotopic (exact) mass is 258 g/mol. The number of carbonyl (C=O) groups is 1. The van der Waals surface area contributed by atoms with E-state index in [0.29, 0.717) is 23.7 Å². The van der Waals surface area contributed by atoms with Gasteiger partial charge in [-0.3, -0.25) is 4.98 Å². The maximum Gasteiger partial charge on any atom is 0.337 e. The van der Waals surface area contributed by atoms with E-state index in [1.807, 2.05) is 13.0 Å². The average molecular weight is 258 g/mol. The van der Waals surface area contributed by atoms with Gasteiger partial charge in [0.2, 0.25) is 5.88 Å². The van der Waals surface area contributed by atoms with Gasteiger partial charge in [0.15, 0.2) is 0 Å². The van der Waals surface area contributed by atoms with Gasteiger partial charge in [-0.15, -0.1) is 0 Å². The van der Waals surface area contributed by atoms with E-state index < -0.39 is 0 Å². The van der Waals surface area contributed by atoms with Crippen LogP contribution >= 0.6 is 0 Å². The van der Waals surface area contributed by atoms with E-state index in [9.17, 15) is 4.79 Å². The molecule has 0 bridgehead atoms. The molecule has 0 N–H and O–H groups in total. The minimum Gasteiger partial charge on any atom is -0.477 e. The zero-order chi connectivity index (χ0) is 13.7. The van der Waals surface area contributed by atoms with Gasteiger partial charge in [0, 0.05) is 5.56 Å². The summed E-state index contributed by atoms with van der Waals surface area (Å²) < 4.78 is 9.99. The molecule has 1 aromatic carbocycles. The molecule has 0 saturated heterocycles. The zero-order valence-corrected chi connectivity index (χ0v) is 10.8. The van der Waals surface area contributed by atoms with Crippen LogP contribution in [0.25, 0.3) is 11.3 Å². The lowest BCUT2D eigenvalue weighted by atomic mass is 10.1. The molecule has 19 heavy (non-hydrogen) atoms. The summed E-state index contributed by atoms with van der Waals surface area (Å²) in [6.07, 6.45) is 3.18. The molecule has 0 aliphatic carbocycles. The molecule has 2 aromatic rings. The van der Waals surface area contributed by atoms with Crippen LogP contribution in [0.3, 0.4) is 0 Å². The van der Waals surface area contributed by atoms with Gasteiger partial charge in [0.25, 0.3) is 0 Å². The van der Waals surface area contributed by atoms with Crippen LogP contribution in [0.5, 0.6) is 5.88 Å². The summed E-state index contributed by atoms with van der Waals surface area (Å²) >= 11 is 0. The second-order valence-corrected chi connectivity index (χ2v) is 3.75. The number of rotatable bonds is 4. The largest absolute Gasteiger partial charge is 0.477 e. The summed E-state index contributed by atoms with van der Waals surface area (Å²) in [7, 11) is 1.35. The molecule has 5 nitrogen and oxygen atoms in total. The lowest BCUT2D eigenvalue weighted by Crippen LogP contribution is -2.01. The Hall–Kier alpha value is -2.43. The topological polar surface area (TPSA) is 61.3 Å². The maximum absolute atomic E-state index is 11.5. The van der Waals surface area contributed by atoms with Gasteiger partial charge in [-0.1, -0.05) is 12.1 Å². The Bertz CT molecular complexity index is 584. The van der Waals surface area contributed by atoms with Crippen LogP contribution in [0.4, 0.5) is 0 Å². The maximum atomic E-state index is 11.5. The molecule has 0 aliphatic rings. The molecule has 1 heterocycles. The van der Waals surface area contributed by atoms with Crippen molar-refractivity contribution in [2.24, 2.45) is 0 Å². The van der Waals surface area contributed by atoms with Gasteiger partial charge in [-0.2, -0.15) is 0 Å². The summed E-state index contributed by atoms with van der Waals surface area (Å²) in [6, 6.07) is 7.03. The van der Waals surface area contributed by atoms with Crippen LogP contribution in [0.15, 0.2) is 36.7 Å². The molecule has 0 atom stereocenters. The summed E-state index contributed by atoms with van der Waals surface area (Å²) in [5, 5.41) is 0. The first-order valence-corrected chi connectivity index (χ1v) is 5.88. The van der Waals surface area contributed by atoms with Crippen molar-refractivity contribution >= 4 is 5.97 Å². The molecule has 0 unspecified atom stereocenters. The Kier molecular flexibility index (Phi) is 4.07. The number of ether oxygens (including phenoxy) is 2. The quantitative estimate of drug-likeness (QED) is 0.788. The molecule has 98 valence electrons. The zero-order valence-electron chi connectivity index (χ0n) is 10.8. The van der Waals surface area contributed by atoms with Gasteiger partial charge in [0.1, 0.15) is 0 Å². The predicted molar refractivity (Wildman–Crippen MR) is 70.0 cm³/mol. The number of carbonyl (C=O) groups excluding carboxylic acids is 1. The third kappa shape index (κ3) is 3.07. The van der Waals surface area contributed by atoms with Crippen LogP contribution in [0.1, 0.15) is 17.3 Å². The third-order valence-electron chi connectivity index (χ3n) is 2.48. The van der Waals surface area contributed by atoms with Crippen molar-refractivity contribution in [1.82, 2.24) is 9.97 Å². The summed E-state index contributed by atoms with van der Waals surface area (Å²) in [5.41, 5.74) is 1.91. The molecule has 2 rings (SSSR count). The Morgan fingerprint density at radius 3 is 2.89 bits per heavy atom. The molecule has 5 heteroatoms. The van der Waals surface area contributed by atoms with Crippen molar-refractivity contribution in [3.8, 4) is 17.1 Å². The summed E-state index contributed by atoms with van der Waals surface area (Å²) in [6.45, 7) is 2.41. The highest BCUT2D eigenvalue weighted by Crippen LogP contribution is 2.20. The number of aromatic nitrogens is 2. The molecule has 0 amide bonds. The number of hydrogen-bond donors (Lipinski definition) is 0. The van der Waals surface area contributed by atoms with Gasteiger partial charge in [-0.05, 0) is 19.1 Å². The minimum absolute atomic E-state index is 0.379. The van der Waals surface area contributed by atoms with Crippen LogP contribution in [-0.2, 0) is 4.74 Å². The SMILES string of the molecule is CCOc1cncc(-c2cccc(C(=O)OC)c2)n1. The van der Waals surface area contributed by atoms with E-state index in [4.69, 9.17) is 4.74 Å². The van der Waals surface area contributed by atoms with Gasteiger partial charge >= 0.3 is 5.97 Å². The lowest BCUT2D eigenvalue weighted by molar-refractivity contribution is 0.0601. The molecule has 1 aromatic heterocycles. The van der Waals surface area contributed by atoms with E-state index in [1.165, 1.54) is 7.11 Å². The fourth-order valence-electron chi connectivity index (χ4n) is 1.63. The number of benzene rings is 1. The highest BCUT2D eigenvalue weighted by atomic mass is 16.5. The molecule has 0 fully saturated rings. The van der Waals surface area contributed by atoms with E-state index in [2.05, 4.69) is 14.7 Å². The summed E-state index contributed by atoms with van der Waals surface area (Å²) in [5.74, 6) is 0.0826. The number of nitrogens with zero attached hydrogens (tertiary/aromatic N) is 2. The predicted octanol–water partition coefficient (Wildman–Crippen LogP) is 2.33.